The molecular formula is C10H14N2O3. The number of hydrazine groups is 1. The Balaban J connectivity index is 2.87. The van der Waals surface area contributed by atoms with Crippen molar-refractivity contribution in [3.8, 4) is 5.75 Å². The molecule has 3 N–H and O–H groups in total. The number of methoxy groups -OCH3 is 2. The second-order valence-corrected chi connectivity index (χ2v) is 2.90. The van der Waals surface area contributed by atoms with Gasteiger partial charge in [-0.2, -0.15) is 0 Å². The molecular weight excluding hydrogens is 196 g/mol. The molecule has 0 fully saturated rings. The summed E-state index contributed by atoms with van der Waals surface area (Å²) in [6, 6.07) is 7.01. The van der Waals surface area contributed by atoms with Crippen LogP contribution in [0.2, 0.25) is 0 Å². The molecule has 0 spiro atoms. The van der Waals surface area contributed by atoms with Crippen molar-refractivity contribution in [3.63, 3.8) is 0 Å². The van der Waals surface area contributed by atoms with E-state index >= 15 is 0 Å². The van der Waals surface area contributed by atoms with Crippen molar-refractivity contribution in [1.82, 2.24) is 5.43 Å². The molecule has 0 aliphatic carbocycles. The summed E-state index contributed by atoms with van der Waals surface area (Å²) in [5.41, 5.74) is 2.77. The third-order valence-corrected chi connectivity index (χ3v) is 2.03. The zero-order valence-corrected chi connectivity index (χ0v) is 8.69. The first kappa shape index (κ1) is 11.5. The maximum absolute atomic E-state index is 11.3. The van der Waals surface area contributed by atoms with Crippen LogP contribution in [0.3, 0.4) is 0 Å². The van der Waals surface area contributed by atoms with Crippen molar-refractivity contribution in [1.29, 1.82) is 0 Å². The molecule has 0 saturated heterocycles. The summed E-state index contributed by atoms with van der Waals surface area (Å²) in [5.74, 6) is 5.38. The largest absolute Gasteiger partial charge is 0.497 e. The van der Waals surface area contributed by atoms with E-state index in [0.29, 0.717) is 0 Å². The van der Waals surface area contributed by atoms with E-state index in [0.717, 1.165) is 11.3 Å². The minimum absolute atomic E-state index is 0.386. The first-order valence-electron chi connectivity index (χ1n) is 4.40. The quantitative estimate of drug-likeness (QED) is 0.428. The fourth-order valence-corrected chi connectivity index (χ4v) is 1.25. The summed E-state index contributed by atoms with van der Waals surface area (Å²) in [6.07, 6.45) is -0.694. The molecule has 1 atom stereocenters. The third-order valence-electron chi connectivity index (χ3n) is 2.03. The highest BCUT2D eigenvalue weighted by Crippen LogP contribution is 2.19. The number of amides is 1. The predicted molar refractivity (Wildman–Crippen MR) is 55.1 cm³/mol. The molecule has 1 aromatic rings. The summed E-state index contributed by atoms with van der Waals surface area (Å²) >= 11 is 0. The number of hydrogen-bond acceptors (Lipinski definition) is 4. The van der Waals surface area contributed by atoms with Gasteiger partial charge in [0, 0.05) is 7.11 Å². The third kappa shape index (κ3) is 2.68. The highest BCUT2D eigenvalue weighted by Gasteiger charge is 2.18. The zero-order valence-electron chi connectivity index (χ0n) is 8.69. The Labute approximate surface area is 88.1 Å². The van der Waals surface area contributed by atoms with Crippen LogP contribution in [0, 0.1) is 0 Å². The Kier molecular flexibility index (Phi) is 4.08. The smallest absolute Gasteiger partial charge is 0.267 e. The molecule has 1 aromatic carbocycles. The van der Waals surface area contributed by atoms with E-state index in [9.17, 15) is 4.79 Å². The molecule has 1 amide bonds. The van der Waals surface area contributed by atoms with Crippen molar-refractivity contribution in [3.05, 3.63) is 29.8 Å². The number of hydrogen-bond donors (Lipinski definition) is 2. The highest BCUT2D eigenvalue weighted by molar-refractivity contribution is 5.81. The van der Waals surface area contributed by atoms with Crippen molar-refractivity contribution in [2.75, 3.05) is 14.2 Å². The molecule has 15 heavy (non-hydrogen) atoms. The van der Waals surface area contributed by atoms with E-state index in [1.54, 1.807) is 31.4 Å². The normalized spacial score (nSPS) is 11.9. The van der Waals surface area contributed by atoms with E-state index < -0.39 is 6.10 Å². The lowest BCUT2D eigenvalue weighted by Crippen LogP contribution is -2.35. The van der Waals surface area contributed by atoms with Crippen molar-refractivity contribution >= 4 is 5.91 Å². The lowest BCUT2D eigenvalue weighted by Gasteiger charge is -2.13. The Hall–Kier alpha value is -1.59. The lowest BCUT2D eigenvalue weighted by molar-refractivity contribution is -0.131. The van der Waals surface area contributed by atoms with Gasteiger partial charge in [-0.25, -0.2) is 5.84 Å². The van der Waals surface area contributed by atoms with Crippen molar-refractivity contribution < 1.29 is 14.3 Å². The topological polar surface area (TPSA) is 73.6 Å². The summed E-state index contributed by atoms with van der Waals surface area (Å²) in [5, 5.41) is 0. The van der Waals surface area contributed by atoms with Crippen LogP contribution in [-0.2, 0) is 9.53 Å². The minimum Gasteiger partial charge on any atom is -0.497 e. The molecule has 0 saturated carbocycles. The van der Waals surface area contributed by atoms with E-state index in [1.807, 2.05) is 5.43 Å². The van der Waals surface area contributed by atoms with Gasteiger partial charge in [-0.15, -0.1) is 0 Å². The summed E-state index contributed by atoms with van der Waals surface area (Å²) in [7, 11) is 3.03. The van der Waals surface area contributed by atoms with Crippen LogP contribution in [0.15, 0.2) is 24.3 Å². The molecule has 0 aromatic heterocycles. The number of nitrogens with one attached hydrogen (secondary N) is 1. The SMILES string of the molecule is COc1ccc(C(OC)C(=O)NN)cc1. The van der Waals surface area contributed by atoms with E-state index in [4.69, 9.17) is 15.3 Å². The van der Waals surface area contributed by atoms with Gasteiger partial charge >= 0.3 is 0 Å². The van der Waals surface area contributed by atoms with Gasteiger partial charge in [0.1, 0.15) is 5.75 Å². The van der Waals surface area contributed by atoms with Gasteiger partial charge in [-0.05, 0) is 17.7 Å². The van der Waals surface area contributed by atoms with Crippen LogP contribution >= 0.6 is 0 Å². The summed E-state index contributed by atoms with van der Waals surface area (Å²) in [6.45, 7) is 0. The molecule has 0 bridgehead atoms. The fourth-order valence-electron chi connectivity index (χ4n) is 1.25. The van der Waals surface area contributed by atoms with Crippen LogP contribution in [-0.4, -0.2) is 20.1 Å². The number of benzene rings is 1. The second kappa shape index (κ2) is 5.33. The molecule has 82 valence electrons. The number of rotatable bonds is 4. The molecule has 0 radical (unpaired) electrons. The maximum Gasteiger partial charge on any atom is 0.267 e. The number of ether oxygens (including phenoxy) is 2. The van der Waals surface area contributed by atoms with E-state index in [2.05, 4.69) is 0 Å². The monoisotopic (exact) mass is 210 g/mol. The maximum atomic E-state index is 11.3. The molecule has 5 heteroatoms. The lowest BCUT2D eigenvalue weighted by atomic mass is 10.1. The van der Waals surface area contributed by atoms with Gasteiger partial charge in [0.25, 0.3) is 5.91 Å². The number of nitrogens with two attached hydrogens (primary N) is 1. The highest BCUT2D eigenvalue weighted by atomic mass is 16.5. The van der Waals surface area contributed by atoms with Crippen molar-refractivity contribution in [2.24, 2.45) is 5.84 Å². The van der Waals surface area contributed by atoms with Crippen LogP contribution in [0.25, 0.3) is 0 Å². The minimum atomic E-state index is -0.694. The van der Waals surface area contributed by atoms with E-state index in [1.165, 1.54) is 7.11 Å². The molecule has 0 heterocycles. The average molecular weight is 210 g/mol. The van der Waals surface area contributed by atoms with Crippen LogP contribution in [0.1, 0.15) is 11.7 Å². The van der Waals surface area contributed by atoms with Gasteiger partial charge < -0.3 is 9.47 Å². The van der Waals surface area contributed by atoms with Gasteiger partial charge in [-0.1, -0.05) is 12.1 Å². The van der Waals surface area contributed by atoms with Crippen LogP contribution in [0.4, 0.5) is 0 Å². The van der Waals surface area contributed by atoms with E-state index in [-0.39, 0.29) is 5.91 Å². The number of carbonyl (C=O) groups excluding carboxylic acids is 1. The Morgan fingerprint density at radius 1 is 1.33 bits per heavy atom. The van der Waals surface area contributed by atoms with Gasteiger partial charge in [0.15, 0.2) is 6.10 Å². The second-order valence-electron chi connectivity index (χ2n) is 2.90. The summed E-state index contributed by atoms with van der Waals surface area (Å²) in [4.78, 5) is 11.3. The summed E-state index contributed by atoms with van der Waals surface area (Å²) < 4.78 is 10.0. The van der Waals surface area contributed by atoms with Gasteiger partial charge in [0.05, 0.1) is 7.11 Å². The molecule has 1 unspecified atom stereocenters. The van der Waals surface area contributed by atoms with Crippen LogP contribution in [0.5, 0.6) is 5.75 Å². The Morgan fingerprint density at radius 3 is 2.33 bits per heavy atom. The Bertz CT molecular complexity index is 324. The first-order chi connectivity index (χ1) is 7.22. The first-order valence-corrected chi connectivity index (χ1v) is 4.40. The molecule has 0 aliphatic rings. The van der Waals surface area contributed by atoms with Crippen molar-refractivity contribution in [2.45, 2.75) is 6.10 Å². The van der Waals surface area contributed by atoms with Gasteiger partial charge in [0.2, 0.25) is 0 Å². The van der Waals surface area contributed by atoms with Gasteiger partial charge in [-0.3, -0.25) is 10.2 Å². The van der Waals surface area contributed by atoms with Crippen LogP contribution < -0.4 is 16.0 Å². The molecule has 5 nitrogen and oxygen atoms in total. The standard InChI is InChI=1S/C10H14N2O3/c1-14-8-5-3-7(4-6-8)9(15-2)10(13)12-11/h3-6,9H,11H2,1-2H3,(H,12,13). The molecule has 1 rings (SSSR count). The zero-order chi connectivity index (χ0) is 11.3. The fraction of sp³-hybridized carbons (Fsp3) is 0.300. The predicted octanol–water partition coefficient (Wildman–Crippen LogP) is 0.373. The number of carbonyl (C=O) groups is 1. The average Bonchev–Trinajstić information content (AvgIpc) is 2.30. The Morgan fingerprint density at radius 2 is 1.93 bits per heavy atom. The molecule has 0 aliphatic heterocycles.